The van der Waals surface area contributed by atoms with E-state index < -0.39 is 0 Å². The lowest BCUT2D eigenvalue weighted by Gasteiger charge is -2.10. The molecule has 0 fully saturated rings. The molecule has 94 valence electrons. The van der Waals surface area contributed by atoms with Gasteiger partial charge in [-0.3, -0.25) is 0 Å². The van der Waals surface area contributed by atoms with Crippen LogP contribution < -0.4 is 16.4 Å². The highest BCUT2D eigenvalue weighted by Gasteiger charge is 2.00. The van der Waals surface area contributed by atoms with Crippen LogP contribution in [0.15, 0.2) is 42.7 Å². The highest BCUT2D eigenvalue weighted by molar-refractivity contribution is 5.58. The lowest BCUT2D eigenvalue weighted by molar-refractivity contribution is 0.777. The van der Waals surface area contributed by atoms with E-state index in [2.05, 4.69) is 20.6 Å². The van der Waals surface area contributed by atoms with Gasteiger partial charge in [0.25, 0.3) is 0 Å². The molecule has 0 aliphatic rings. The summed E-state index contributed by atoms with van der Waals surface area (Å²) >= 11 is 0. The van der Waals surface area contributed by atoms with E-state index in [1.807, 2.05) is 43.3 Å². The van der Waals surface area contributed by atoms with Gasteiger partial charge in [-0.05, 0) is 19.1 Å². The summed E-state index contributed by atoms with van der Waals surface area (Å²) in [6, 6.07) is 11.8. The molecule has 1 atom stereocenters. The number of hydrogen-bond donors (Lipinski definition) is 3. The third kappa shape index (κ3) is 3.71. The van der Waals surface area contributed by atoms with E-state index in [1.54, 1.807) is 0 Å². The molecule has 1 heterocycles. The van der Waals surface area contributed by atoms with Gasteiger partial charge in [0, 0.05) is 24.3 Å². The van der Waals surface area contributed by atoms with E-state index in [1.165, 1.54) is 6.33 Å². The van der Waals surface area contributed by atoms with Crippen LogP contribution in [0.5, 0.6) is 0 Å². The van der Waals surface area contributed by atoms with Crippen molar-refractivity contribution in [1.82, 2.24) is 9.97 Å². The lowest BCUT2D eigenvalue weighted by Crippen LogP contribution is -2.25. The summed E-state index contributed by atoms with van der Waals surface area (Å²) in [6.07, 6.45) is 1.52. The molecule has 0 saturated carbocycles. The molecular weight excluding hydrogens is 226 g/mol. The summed E-state index contributed by atoms with van der Waals surface area (Å²) in [7, 11) is 0. The molecule has 0 spiro atoms. The van der Waals surface area contributed by atoms with Crippen LogP contribution in [-0.4, -0.2) is 22.6 Å². The second kappa shape index (κ2) is 5.97. The van der Waals surface area contributed by atoms with Crippen LogP contribution in [0.25, 0.3) is 0 Å². The van der Waals surface area contributed by atoms with E-state index in [4.69, 9.17) is 5.73 Å². The molecule has 1 aromatic heterocycles. The Kier molecular flexibility index (Phi) is 4.09. The topological polar surface area (TPSA) is 75.9 Å². The Labute approximate surface area is 106 Å². The fraction of sp³-hybridized carbons (Fsp3) is 0.231. The predicted molar refractivity (Wildman–Crippen MR) is 73.9 cm³/mol. The number of anilines is 3. The maximum atomic E-state index is 5.68. The third-order valence-electron chi connectivity index (χ3n) is 2.32. The van der Waals surface area contributed by atoms with Crippen molar-refractivity contribution >= 4 is 17.3 Å². The first-order valence-electron chi connectivity index (χ1n) is 5.87. The summed E-state index contributed by atoms with van der Waals surface area (Å²) in [5.74, 6) is 1.52. The molecule has 2 aromatic rings. The van der Waals surface area contributed by atoms with Gasteiger partial charge in [0.05, 0.1) is 0 Å². The quantitative estimate of drug-likeness (QED) is 0.748. The van der Waals surface area contributed by atoms with Gasteiger partial charge in [-0.2, -0.15) is 0 Å². The standard InChI is InChI=1S/C13H17N5/c1-10(14)8-15-12-7-13(17-9-16-12)18-11-5-3-2-4-6-11/h2-7,9-10H,8,14H2,1H3,(H2,15,16,17,18). The number of para-hydroxylation sites is 1. The minimum atomic E-state index is 0.0884. The highest BCUT2D eigenvalue weighted by Crippen LogP contribution is 2.15. The Bertz CT molecular complexity index is 484. The van der Waals surface area contributed by atoms with Crippen LogP contribution >= 0.6 is 0 Å². The highest BCUT2D eigenvalue weighted by atomic mass is 15.1. The SMILES string of the molecule is CC(N)CNc1cc(Nc2ccccc2)ncn1. The molecule has 4 N–H and O–H groups in total. The second-order valence-electron chi connectivity index (χ2n) is 4.14. The van der Waals surface area contributed by atoms with Gasteiger partial charge in [0.2, 0.25) is 0 Å². The zero-order chi connectivity index (χ0) is 12.8. The van der Waals surface area contributed by atoms with E-state index in [9.17, 15) is 0 Å². The molecule has 1 aromatic carbocycles. The number of benzene rings is 1. The summed E-state index contributed by atoms with van der Waals surface area (Å²) in [6.45, 7) is 2.62. The molecule has 0 aliphatic heterocycles. The van der Waals surface area contributed by atoms with E-state index >= 15 is 0 Å². The first-order chi connectivity index (χ1) is 8.74. The zero-order valence-corrected chi connectivity index (χ0v) is 10.3. The van der Waals surface area contributed by atoms with Crippen molar-refractivity contribution in [2.45, 2.75) is 13.0 Å². The molecule has 5 nitrogen and oxygen atoms in total. The Morgan fingerprint density at radius 3 is 2.61 bits per heavy atom. The molecule has 0 bridgehead atoms. The van der Waals surface area contributed by atoms with Crippen LogP contribution in [0.3, 0.4) is 0 Å². The van der Waals surface area contributed by atoms with Gasteiger partial charge in [-0.1, -0.05) is 18.2 Å². The maximum Gasteiger partial charge on any atom is 0.135 e. The van der Waals surface area contributed by atoms with Gasteiger partial charge in [0.1, 0.15) is 18.0 Å². The van der Waals surface area contributed by atoms with Crippen LogP contribution in [0.2, 0.25) is 0 Å². The van der Waals surface area contributed by atoms with Crippen LogP contribution in [-0.2, 0) is 0 Å². The molecule has 1 unspecified atom stereocenters. The minimum Gasteiger partial charge on any atom is -0.368 e. The number of aromatic nitrogens is 2. The van der Waals surface area contributed by atoms with E-state index in [-0.39, 0.29) is 6.04 Å². The monoisotopic (exact) mass is 243 g/mol. The third-order valence-corrected chi connectivity index (χ3v) is 2.32. The molecule has 5 heteroatoms. The maximum absolute atomic E-state index is 5.68. The number of nitrogens with one attached hydrogen (secondary N) is 2. The Hall–Kier alpha value is -2.14. The summed E-state index contributed by atoms with van der Waals surface area (Å²) in [4.78, 5) is 8.30. The fourth-order valence-electron chi connectivity index (χ4n) is 1.46. The van der Waals surface area contributed by atoms with Gasteiger partial charge >= 0.3 is 0 Å². The van der Waals surface area contributed by atoms with Gasteiger partial charge < -0.3 is 16.4 Å². The van der Waals surface area contributed by atoms with E-state index in [0.717, 1.165) is 17.3 Å². The van der Waals surface area contributed by atoms with E-state index in [0.29, 0.717) is 6.54 Å². The number of hydrogen-bond acceptors (Lipinski definition) is 5. The summed E-state index contributed by atoms with van der Waals surface area (Å²) in [5.41, 5.74) is 6.68. The normalized spacial score (nSPS) is 11.9. The molecule has 18 heavy (non-hydrogen) atoms. The van der Waals surface area contributed by atoms with Crippen molar-refractivity contribution < 1.29 is 0 Å². The molecule has 0 radical (unpaired) electrons. The Morgan fingerprint density at radius 1 is 1.17 bits per heavy atom. The first kappa shape index (κ1) is 12.3. The number of rotatable bonds is 5. The van der Waals surface area contributed by atoms with Gasteiger partial charge in [-0.15, -0.1) is 0 Å². The summed E-state index contributed by atoms with van der Waals surface area (Å²) in [5, 5.41) is 6.36. The van der Waals surface area contributed by atoms with Crippen LogP contribution in [0.4, 0.5) is 17.3 Å². The molecule has 0 amide bonds. The van der Waals surface area contributed by atoms with Crippen molar-refractivity contribution in [2.75, 3.05) is 17.2 Å². The molecule has 2 rings (SSSR count). The number of nitrogens with two attached hydrogens (primary N) is 1. The predicted octanol–water partition coefficient (Wildman–Crippen LogP) is 1.98. The van der Waals surface area contributed by atoms with Crippen LogP contribution in [0.1, 0.15) is 6.92 Å². The Morgan fingerprint density at radius 2 is 1.89 bits per heavy atom. The average Bonchev–Trinajstić information content (AvgIpc) is 2.38. The average molecular weight is 243 g/mol. The smallest absolute Gasteiger partial charge is 0.135 e. The molecular formula is C13H17N5. The lowest BCUT2D eigenvalue weighted by atomic mass is 10.3. The van der Waals surface area contributed by atoms with Crippen molar-refractivity contribution in [3.8, 4) is 0 Å². The van der Waals surface area contributed by atoms with Crippen molar-refractivity contribution in [3.05, 3.63) is 42.7 Å². The van der Waals surface area contributed by atoms with Gasteiger partial charge in [-0.25, -0.2) is 9.97 Å². The fourth-order valence-corrected chi connectivity index (χ4v) is 1.46. The number of nitrogens with zero attached hydrogens (tertiary/aromatic N) is 2. The van der Waals surface area contributed by atoms with Crippen LogP contribution in [0, 0.1) is 0 Å². The first-order valence-corrected chi connectivity index (χ1v) is 5.87. The molecule has 0 saturated heterocycles. The minimum absolute atomic E-state index is 0.0884. The summed E-state index contributed by atoms with van der Waals surface area (Å²) < 4.78 is 0. The van der Waals surface area contributed by atoms with Gasteiger partial charge in [0.15, 0.2) is 0 Å². The van der Waals surface area contributed by atoms with Crippen molar-refractivity contribution in [1.29, 1.82) is 0 Å². The zero-order valence-electron chi connectivity index (χ0n) is 10.3. The Balaban J connectivity index is 2.03. The van der Waals surface area contributed by atoms with Crippen molar-refractivity contribution in [3.63, 3.8) is 0 Å². The largest absolute Gasteiger partial charge is 0.368 e. The van der Waals surface area contributed by atoms with Crippen molar-refractivity contribution in [2.24, 2.45) is 5.73 Å². The second-order valence-corrected chi connectivity index (χ2v) is 4.14. The molecule has 0 aliphatic carbocycles.